The van der Waals surface area contributed by atoms with E-state index in [4.69, 9.17) is 0 Å². The summed E-state index contributed by atoms with van der Waals surface area (Å²) in [6, 6.07) is 13.4. The Hall–Kier alpha value is -3.96. The first-order valence-corrected chi connectivity index (χ1v) is 13.5. The third-order valence-electron chi connectivity index (χ3n) is 7.55. The number of anilines is 2. The average Bonchev–Trinajstić information content (AvgIpc) is 2.96. The van der Waals surface area contributed by atoms with Gasteiger partial charge < -0.3 is 14.7 Å². The molecule has 0 radical (unpaired) electrons. The zero-order valence-corrected chi connectivity index (χ0v) is 23.0. The summed E-state index contributed by atoms with van der Waals surface area (Å²) in [4.78, 5) is 31.2. The van der Waals surface area contributed by atoms with Gasteiger partial charge in [0.1, 0.15) is 17.5 Å². The van der Waals surface area contributed by atoms with E-state index in [1.165, 1.54) is 6.07 Å². The van der Waals surface area contributed by atoms with Crippen molar-refractivity contribution in [3.05, 3.63) is 82.4 Å². The number of carbonyl (C=O) groups is 1. The van der Waals surface area contributed by atoms with Crippen LogP contribution in [0, 0.1) is 31.5 Å². The normalized spacial score (nSPS) is 16.2. The van der Waals surface area contributed by atoms with Gasteiger partial charge in [-0.05, 0) is 62.2 Å². The van der Waals surface area contributed by atoms with Gasteiger partial charge in [0.15, 0.2) is 0 Å². The van der Waals surface area contributed by atoms with Crippen LogP contribution in [0.3, 0.4) is 0 Å². The minimum atomic E-state index is -0.297. The Morgan fingerprint density at radius 3 is 2.41 bits per heavy atom. The fourth-order valence-corrected chi connectivity index (χ4v) is 5.27. The van der Waals surface area contributed by atoms with E-state index in [1.54, 1.807) is 13.0 Å². The second-order valence-corrected chi connectivity index (χ2v) is 10.2. The van der Waals surface area contributed by atoms with Crippen LogP contribution in [0.5, 0.6) is 0 Å². The smallest absolute Gasteiger partial charge is 0.254 e. The SMILES string of the molecule is CC#Cc1cccnc1N1CCN(Cc2ccc(C)c(C(=O)N3CCN(c4ccc(F)c(C)n4)CC3)c2)CC1. The van der Waals surface area contributed by atoms with E-state index >= 15 is 0 Å². The van der Waals surface area contributed by atoms with Crippen molar-refractivity contribution in [2.24, 2.45) is 0 Å². The molecule has 8 heteroatoms. The Morgan fingerprint density at radius 2 is 1.69 bits per heavy atom. The standard InChI is InChI=1S/C31H35FN6O/c1-4-6-26-7-5-12-33-30(26)37-15-13-35(14-16-37)22-25-9-8-23(2)27(21-25)31(39)38-19-17-36(18-20-38)29-11-10-28(32)24(3)34-29/h5,7-12,21H,13-20,22H2,1-3H3. The van der Waals surface area contributed by atoms with Crippen LogP contribution < -0.4 is 9.80 Å². The quantitative estimate of drug-likeness (QED) is 0.471. The number of hydrogen-bond donors (Lipinski definition) is 0. The molecule has 2 aliphatic rings. The molecule has 0 aliphatic carbocycles. The molecule has 2 aliphatic heterocycles. The second-order valence-electron chi connectivity index (χ2n) is 10.2. The zero-order chi connectivity index (χ0) is 27.4. The number of halogens is 1. The third-order valence-corrected chi connectivity index (χ3v) is 7.55. The predicted octanol–water partition coefficient (Wildman–Crippen LogP) is 3.89. The number of piperazine rings is 2. The number of aromatic nitrogens is 2. The molecule has 2 aromatic heterocycles. The highest BCUT2D eigenvalue weighted by atomic mass is 19.1. The Kier molecular flexibility index (Phi) is 8.08. The van der Waals surface area contributed by atoms with E-state index in [0.717, 1.165) is 66.6 Å². The summed E-state index contributed by atoms with van der Waals surface area (Å²) in [6.07, 6.45) is 1.83. The number of rotatable bonds is 5. The first-order chi connectivity index (χ1) is 18.9. The van der Waals surface area contributed by atoms with Crippen LogP contribution in [0.2, 0.25) is 0 Å². The van der Waals surface area contributed by atoms with Gasteiger partial charge in [-0.3, -0.25) is 9.69 Å². The number of aryl methyl sites for hydroxylation is 2. The number of hydrogen-bond acceptors (Lipinski definition) is 6. The molecular weight excluding hydrogens is 491 g/mol. The van der Waals surface area contributed by atoms with Crippen molar-refractivity contribution in [2.75, 3.05) is 62.2 Å². The molecular formula is C31H35FN6O. The van der Waals surface area contributed by atoms with Gasteiger partial charge in [0.25, 0.3) is 5.91 Å². The highest BCUT2D eigenvalue weighted by Gasteiger charge is 2.25. The van der Waals surface area contributed by atoms with Crippen molar-refractivity contribution in [1.82, 2.24) is 19.8 Å². The molecule has 0 atom stereocenters. The lowest BCUT2D eigenvalue weighted by molar-refractivity contribution is 0.0745. The van der Waals surface area contributed by atoms with Crippen LogP contribution in [-0.2, 0) is 6.54 Å². The van der Waals surface area contributed by atoms with Crippen LogP contribution in [0.4, 0.5) is 16.0 Å². The number of benzene rings is 1. The van der Waals surface area contributed by atoms with Gasteiger partial charge in [0.05, 0.1) is 11.3 Å². The molecule has 39 heavy (non-hydrogen) atoms. The second kappa shape index (κ2) is 11.8. The molecule has 0 unspecified atom stereocenters. The summed E-state index contributed by atoms with van der Waals surface area (Å²) >= 11 is 0. The Bertz CT molecular complexity index is 1400. The summed E-state index contributed by atoms with van der Waals surface area (Å²) in [7, 11) is 0. The van der Waals surface area contributed by atoms with Crippen LogP contribution >= 0.6 is 0 Å². The largest absolute Gasteiger partial charge is 0.353 e. The summed E-state index contributed by atoms with van der Waals surface area (Å²) in [5.74, 6) is 7.64. The predicted molar refractivity (Wildman–Crippen MR) is 153 cm³/mol. The molecule has 1 aromatic carbocycles. The molecule has 0 bridgehead atoms. The Labute approximate surface area is 230 Å². The molecule has 3 aromatic rings. The Balaban J connectivity index is 1.19. The van der Waals surface area contributed by atoms with E-state index in [-0.39, 0.29) is 11.7 Å². The van der Waals surface area contributed by atoms with Crippen molar-refractivity contribution in [1.29, 1.82) is 0 Å². The van der Waals surface area contributed by atoms with Crippen molar-refractivity contribution in [2.45, 2.75) is 27.3 Å². The van der Waals surface area contributed by atoms with Crippen LogP contribution in [-0.4, -0.2) is 78.0 Å². The number of amides is 1. The molecule has 2 fully saturated rings. The van der Waals surface area contributed by atoms with Crippen molar-refractivity contribution < 1.29 is 9.18 Å². The molecule has 2 saturated heterocycles. The molecule has 0 N–H and O–H groups in total. The van der Waals surface area contributed by atoms with Gasteiger partial charge in [0.2, 0.25) is 0 Å². The monoisotopic (exact) mass is 526 g/mol. The fourth-order valence-electron chi connectivity index (χ4n) is 5.27. The van der Waals surface area contributed by atoms with Crippen molar-refractivity contribution >= 4 is 17.5 Å². The summed E-state index contributed by atoms with van der Waals surface area (Å²) < 4.78 is 13.6. The third kappa shape index (κ3) is 6.04. The van der Waals surface area contributed by atoms with Gasteiger partial charge in [-0.1, -0.05) is 18.1 Å². The van der Waals surface area contributed by atoms with E-state index in [0.29, 0.717) is 31.9 Å². The molecule has 0 saturated carbocycles. The molecule has 7 nitrogen and oxygen atoms in total. The van der Waals surface area contributed by atoms with E-state index in [1.807, 2.05) is 37.1 Å². The van der Waals surface area contributed by atoms with E-state index in [9.17, 15) is 9.18 Å². The molecule has 202 valence electrons. The lowest BCUT2D eigenvalue weighted by Crippen LogP contribution is -2.49. The van der Waals surface area contributed by atoms with Gasteiger partial charge in [0, 0.05) is 70.7 Å². The minimum Gasteiger partial charge on any atom is -0.353 e. The molecule has 1 amide bonds. The lowest BCUT2D eigenvalue weighted by Gasteiger charge is -2.36. The van der Waals surface area contributed by atoms with Gasteiger partial charge in [-0.25, -0.2) is 14.4 Å². The number of pyridine rings is 2. The molecule has 4 heterocycles. The van der Waals surface area contributed by atoms with Gasteiger partial charge in [-0.15, -0.1) is 5.92 Å². The maximum Gasteiger partial charge on any atom is 0.254 e. The van der Waals surface area contributed by atoms with Gasteiger partial charge >= 0.3 is 0 Å². The molecule has 5 rings (SSSR count). The maximum absolute atomic E-state index is 13.6. The van der Waals surface area contributed by atoms with Gasteiger partial charge in [-0.2, -0.15) is 0 Å². The topological polar surface area (TPSA) is 55.8 Å². The minimum absolute atomic E-state index is 0.0711. The average molecular weight is 527 g/mol. The highest BCUT2D eigenvalue weighted by Crippen LogP contribution is 2.22. The summed E-state index contributed by atoms with van der Waals surface area (Å²) in [5, 5.41) is 0. The van der Waals surface area contributed by atoms with E-state index in [2.05, 4.69) is 54.7 Å². The fraction of sp³-hybridized carbons (Fsp3) is 0.387. The zero-order valence-electron chi connectivity index (χ0n) is 23.0. The number of carbonyl (C=O) groups excluding carboxylic acids is 1. The Morgan fingerprint density at radius 1 is 0.949 bits per heavy atom. The molecule has 0 spiro atoms. The van der Waals surface area contributed by atoms with Crippen LogP contribution in [0.1, 0.15) is 39.7 Å². The summed E-state index contributed by atoms with van der Waals surface area (Å²) in [6.45, 7) is 12.5. The van der Waals surface area contributed by atoms with Crippen LogP contribution in [0.25, 0.3) is 0 Å². The highest BCUT2D eigenvalue weighted by molar-refractivity contribution is 5.96. The maximum atomic E-state index is 13.6. The van der Waals surface area contributed by atoms with Crippen molar-refractivity contribution in [3.63, 3.8) is 0 Å². The van der Waals surface area contributed by atoms with Crippen molar-refractivity contribution in [3.8, 4) is 11.8 Å². The first-order valence-electron chi connectivity index (χ1n) is 13.5. The number of nitrogens with zero attached hydrogens (tertiary/aromatic N) is 6. The lowest BCUT2D eigenvalue weighted by atomic mass is 10.0. The summed E-state index contributed by atoms with van der Waals surface area (Å²) in [5.41, 5.74) is 4.28. The first kappa shape index (κ1) is 26.6. The van der Waals surface area contributed by atoms with Crippen LogP contribution in [0.15, 0.2) is 48.7 Å². The van der Waals surface area contributed by atoms with E-state index < -0.39 is 0 Å².